The van der Waals surface area contributed by atoms with Gasteiger partial charge >= 0.3 is 12.3 Å². The van der Waals surface area contributed by atoms with Crippen molar-refractivity contribution in [3.63, 3.8) is 0 Å². The lowest BCUT2D eigenvalue weighted by Crippen LogP contribution is -2.47. The first-order valence-electron chi connectivity index (χ1n) is 11.1. The molecule has 1 atom stereocenters. The molecule has 0 bridgehead atoms. The lowest BCUT2D eigenvalue weighted by molar-refractivity contribution is -0.193. The Hall–Kier alpha value is -4.24. The van der Waals surface area contributed by atoms with Gasteiger partial charge in [0.25, 0.3) is 0 Å². The number of nitrogens with zero attached hydrogens (tertiary/aromatic N) is 2. The van der Waals surface area contributed by atoms with Gasteiger partial charge in [0.05, 0.1) is 0 Å². The number of para-hydroxylation sites is 2. The van der Waals surface area contributed by atoms with Crippen LogP contribution < -0.4 is 9.80 Å². The number of hydrogen-bond donors (Lipinski definition) is 0. The molecule has 3 aromatic rings. The molecule has 0 saturated heterocycles. The quantitative estimate of drug-likeness (QED) is 0.496. The van der Waals surface area contributed by atoms with Crippen LogP contribution in [0.4, 0.5) is 11.4 Å². The first-order chi connectivity index (χ1) is 16.7. The normalized spacial score (nSPS) is 14.6. The van der Waals surface area contributed by atoms with Crippen LogP contribution in [0.2, 0.25) is 0 Å². The molecule has 0 fully saturated rings. The highest BCUT2D eigenvalue weighted by molar-refractivity contribution is 5.63. The lowest BCUT2D eigenvalue weighted by Gasteiger charge is -2.48. The van der Waals surface area contributed by atoms with Crippen molar-refractivity contribution in [1.29, 1.82) is 0 Å². The van der Waals surface area contributed by atoms with Crippen LogP contribution in [0.1, 0.15) is 38.4 Å². The molecule has 1 aliphatic heterocycles. The number of carbonyl (C=O) groups excluding carboxylic acids is 4. The Morgan fingerprint density at radius 2 is 1.12 bits per heavy atom. The number of anilines is 2. The summed E-state index contributed by atoms with van der Waals surface area (Å²) in [6, 6.07) is 32.5. The van der Waals surface area contributed by atoms with E-state index in [0.717, 1.165) is 19.4 Å². The monoisotopic (exact) mass is 456 g/mol. The van der Waals surface area contributed by atoms with Crippen LogP contribution >= 0.6 is 0 Å². The molecule has 0 amide bonds. The second-order valence-corrected chi connectivity index (χ2v) is 7.38. The van der Waals surface area contributed by atoms with Gasteiger partial charge in [-0.05, 0) is 48.2 Å². The maximum absolute atomic E-state index is 8.12. The van der Waals surface area contributed by atoms with Gasteiger partial charge < -0.3 is 9.80 Å². The fraction of sp³-hybridized carbons (Fsp3) is 0.214. The molecule has 3 aromatic carbocycles. The minimum atomic E-state index is 0.135. The summed E-state index contributed by atoms with van der Waals surface area (Å²) >= 11 is 0. The third-order valence-electron chi connectivity index (χ3n) is 5.58. The van der Waals surface area contributed by atoms with Crippen LogP contribution in [-0.2, 0) is 19.2 Å². The standard InChI is InChI=1S/C26H28N2.2CO2/c1-3-21-20-27(23-16-10-6-11-17-23)26(22-14-8-5-9-15-22)28(25(21)4-2)24-18-12-7-13-19-24;2*2-1-3/h5-19,26H,3-4,20H2,1-2H3;;. The second-order valence-electron chi connectivity index (χ2n) is 7.38. The Labute approximate surface area is 200 Å². The van der Waals surface area contributed by atoms with Crippen LogP contribution in [0.15, 0.2) is 102 Å². The third kappa shape index (κ3) is 6.39. The molecule has 34 heavy (non-hydrogen) atoms. The largest absolute Gasteiger partial charge is 0.373 e. The van der Waals surface area contributed by atoms with Crippen LogP contribution in [-0.4, -0.2) is 18.8 Å². The number of allylic oxidation sites excluding steroid dienone is 1. The molecular formula is C28H28N2O4. The molecule has 0 spiro atoms. The summed E-state index contributed by atoms with van der Waals surface area (Å²) in [6.07, 6.45) is 2.73. The van der Waals surface area contributed by atoms with Gasteiger partial charge in [0, 0.05) is 23.6 Å². The Kier molecular flexibility index (Phi) is 10.7. The molecule has 0 aromatic heterocycles. The minimum Gasteiger partial charge on any atom is -0.343 e. The van der Waals surface area contributed by atoms with Crippen molar-refractivity contribution in [3.05, 3.63) is 108 Å². The number of rotatable bonds is 5. The highest BCUT2D eigenvalue weighted by atomic mass is 16.2. The molecular weight excluding hydrogens is 428 g/mol. The molecule has 0 N–H and O–H groups in total. The minimum absolute atomic E-state index is 0.135. The Morgan fingerprint density at radius 1 is 0.676 bits per heavy atom. The topological polar surface area (TPSA) is 74.8 Å². The first kappa shape index (κ1) is 26.0. The average Bonchev–Trinajstić information content (AvgIpc) is 2.90. The molecule has 6 heteroatoms. The van der Waals surface area contributed by atoms with Crippen molar-refractivity contribution in [2.24, 2.45) is 0 Å². The predicted molar refractivity (Wildman–Crippen MR) is 130 cm³/mol. The smallest absolute Gasteiger partial charge is 0.343 e. The molecule has 6 nitrogen and oxygen atoms in total. The van der Waals surface area contributed by atoms with Crippen molar-refractivity contribution >= 4 is 23.7 Å². The molecule has 0 radical (unpaired) electrons. The van der Waals surface area contributed by atoms with E-state index in [1.54, 1.807) is 0 Å². The number of benzene rings is 3. The molecule has 174 valence electrons. The Bertz CT molecular complexity index is 1090. The number of hydrogen-bond acceptors (Lipinski definition) is 6. The van der Waals surface area contributed by atoms with E-state index in [2.05, 4.69) is 115 Å². The summed E-state index contributed by atoms with van der Waals surface area (Å²) in [5, 5.41) is 0. The average molecular weight is 457 g/mol. The van der Waals surface area contributed by atoms with Crippen molar-refractivity contribution < 1.29 is 19.2 Å². The maximum Gasteiger partial charge on any atom is 0.373 e. The van der Waals surface area contributed by atoms with Gasteiger partial charge in [-0.25, -0.2) is 0 Å². The van der Waals surface area contributed by atoms with Crippen LogP contribution in [0, 0.1) is 0 Å². The fourth-order valence-electron chi connectivity index (χ4n) is 4.27. The van der Waals surface area contributed by atoms with E-state index < -0.39 is 0 Å². The highest BCUT2D eigenvalue weighted by Crippen LogP contribution is 2.42. The van der Waals surface area contributed by atoms with E-state index in [1.165, 1.54) is 28.2 Å². The SMILES string of the molecule is CCC1=C(CC)N(c2ccccc2)C(c2ccccc2)N(c2ccccc2)C1.O=C=O.O=C=O. The van der Waals surface area contributed by atoms with E-state index in [0.29, 0.717) is 0 Å². The second kappa shape index (κ2) is 14.0. The first-order valence-corrected chi connectivity index (χ1v) is 11.1. The molecule has 1 aliphatic rings. The van der Waals surface area contributed by atoms with E-state index in [1.807, 2.05) is 0 Å². The zero-order valence-electron chi connectivity index (χ0n) is 19.4. The van der Waals surface area contributed by atoms with Gasteiger partial charge in [0.1, 0.15) is 6.17 Å². The van der Waals surface area contributed by atoms with E-state index in [4.69, 9.17) is 19.2 Å². The van der Waals surface area contributed by atoms with Crippen molar-refractivity contribution in [3.8, 4) is 0 Å². The summed E-state index contributed by atoms with van der Waals surface area (Å²) in [5.41, 5.74) is 6.80. The zero-order valence-corrected chi connectivity index (χ0v) is 19.4. The maximum atomic E-state index is 8.12. The van der Waals surface area contributed by atoms with Gasteiger partial charge in [-0.15, -0.1) is 0 Å². The Morgan fingerprint density at radius 3 is 1.56 bits per heavy atom. The van der Waals surface area contributed by atoms with Gasteiger partial charge in [0.15, 0.2) is 0 Å². The van der Waals surface area contributed by atoms with Crippen molar-refractivity contribution in [2.75, 3.05) is 16.3 Å². The summed E-state index contributed by atoms with van der Waals surface area (Å²) in [7, 11) is 0. The lowest BCUT2D eigenvalue weighted by atomic mass is 9.97. The van der Waals surface area contributed by atoms with Gasteiger partial charge in [-0.1, -0.05) is 80.6 Å². The molecule has 1 heterocycles. The highest BCUT2D eigenvalue weighted by Gasteiger charge is 2.35. The zero-order chi connectivity index (χ0) is 24.8. The van der Waals surface area contributed by atoms with E-state index in [9.17, 15) is 0 Å². The van der Waals surface area contributed by atoms with Gasteiger partial charge in [-0.2, -0.15) is 19.2 Å². The summed E-state index contributed by atoms with van der Waals surface area (Å²) in [5.74, 6) is 0. The summed E-state index contributed by atoms with van der Waals surface area (Å²) < 4.78 is 0. The van der Waals surface area contributed by atoms with E-state index >= 15 is 0 Å². The van der Waals surface area contributed by atoms with Gasteiger partial charge in [0.2, 0.25) is 0 Å². The van der Waals surface area contributed by atoms with Crippen LogP contribution in [0.5, 0.6) is 0 Å². The Balaban J connectivity index is 0.000000618. The molecule has 4 rings (SSSR count). The fourth-order valence-corrected chi connectivity index (χ4v) is 4.27. The van der Waals surface area contributed by atoms with Crippen molar-refractivity contribution in [2.45, 2.75) is 32.9 Å². The van der Waals surface area contributed by atoms with E-state index in [-0.39, 0.29) is 18.5 Å². The van der Waals surface area contributed by atoms with Crippen LogP contribution in [0.25, 0.3) is 0 Å². The molecule has 0 saturated carbocycles. The van der Waals surface area contributed by atoms with Crippen LogP contribution in [0.3, 0.4) is 0 Å². The predicted octanol–water partition coefficient (Wildman–Crippen LogP) is 5.62. The molecule has 0 aliphatic carbocycles. The molecule has 1 unspecified atom stereocenters. The summed E-state index contributed by atoms with van der Waals surface area (Å²) in [4.78, 5) is 37.6. The van der Waals surface area contributed by atoms with Crippen molar-refractivity contribution in [1.82, 2.24) is 0 Å². The van der Waals surface area contributed by atoms with Gasteiger partial charge in [-0.3, -0.25) is 0 Å². The third-order valence-corrected chi connectivity index (χ3v) is 5.58. The summed E-state index contributed by atoms with van der Waals surface area (Å²) in [6.45, 7) is 5.52.